The molecule has 110 valence electrons. The smallest absolute Gasteiger partial charge is 0.305 e. The molecule has 2 N–H and O–H groups in total. The van der Waals surface area contributed by atoms with E-state index in [1.807, 2.05) is 0 Å². The summed E-state index contributed by atoms with van der Waals surface area (Å²) < 4.78 is 18.4. The highest BCUT2D eigenvalue weighted by atomic mass is 19.1. The van der Waals surface area contributed by atoms with Gasteiger partial charge in [-0.2, -0.15) is 0 Å². The molecular formula is C14H18FNO4. The number of halogens is 1. The number of hydrogen-bond acceptors (Lipinski definition) is 3. The number of para-hydroxylation sites is 1. The summed E-state index contributed by atoms with van der Waals surface area (Å²) in [7, 11) is 0. The van der Waals surface area contributed by atoms with Crippen molar-refractivity contribution in [2.75, 3.05) is 6.61 Å². The minimum absolute atomic E-state index is 0.114. The Bertz CT molecular complexity index is 464. The van der Waals surface area contributed by atoms with Gasteiger partial charge in [-0.15, -0.1) is 0 Å². The Morgan fingerprint density at radius 2 is 2.10 bits per heavy atom. The third kappa shape index (κ3) is 6.17. The molecule has 1 aromatic carbocycles. The molecule has 0 radical (unpaired) electrons. The first-order chi connectivity index (χ1) is 9.49. The Morgan fingerprint density at radius 1 is 1.40 bits per heavy atom. The van der Waals surface area contributed by atoms with E-state index in [1.165, 1.54) is 12.1 Å². The molecule has 0 aromatic heterocycles. The van der Waals surface area contributed by atoms with E-state index in [-0.39, 0.29) is 31.1 Å². The van der Waals surface area contributed by atoms with E-state index in [1.54, 1.807) is 19.1 Å². The van der Waals surface area contributed by atoms with E-state index in [0.717, 1.165) is 0 Å². The molecule has 1 aromatic rings. The molecule has 0 heterocycles. The van der Waals surface area contributed by atoms with Gasteiger partial charge < -0.3 is 15.2 Å². The molecule has 1 rings (SSSR count). The highest BCUT2D eigenvalue weighted by Gasteiger charge is 2.10. The second-order valence-electron chi connectivity index (χ2n) is 4.45. The van der Waals surface area contributed by atoms with Crippen LogP contribution in [0.15, 0.2) is 24.3 Å². The van der Waals surface area contributed by atoms with Crippen LogP contribution in [0.4, 0.5) is 4.39 Å². The van der Waals surface area contributed by atoms with Crippen molar-refractivity contribution >= 4 is 11.9 Å². The van der Waals surface area contributed by atoms with Crippen LogP contribution < -0.4 is 10.1 Å². The van der Waals surface area contributed by atoms with E-state index >= 15 is 0 Å². The largest absolute Gasteiger partial charge is 0.491 e. The lowest BCUT2D eigenvalue weighted by molar-refractivity contribution is -0.137. The van der Waals surface area contributed by atoms with E-state index in [2.05, 4.69) is 5.32 Å². The van der Waals surface area contributed by atoms with Crippen molar-refractivity contribution in [2.45, 2.75) is 32.2 Å². The fourth-order valence-corrected chi connectivity index (χ4v) is 1.64. The molecule has 0 aliphatic rings. The number of aliphatic carboxylic acids is 1. The lowest BCUT2D eigenvalue weighted by Gasteiger charge is -2.11. The summed E-state index contributed by atoms with van der Waals surface area (Å²) in [5.74, 6) is -1.48. The van der Waals surface area contributed by atoms with Crippen molar-refractivity contribution in [3.8, 4) is 5.75 Å². The molecule has 0 saturated heterocycles. The SMILES string of the molecule is C[C@H](CC(=O)O)NC(=O)CCCOc1ccccc1F. The molecule has 0 fully saturated rings. The van der Waals surface area contributed by atoms with Crippen molar-refractivity contribution in [2.24, 2.45) is 0 Å². The second kappa shape index (κ2) is 8.14. The predicted molar refractivity (Wildman–Crippen MR) is 71.0 cm³/mol. The van der Waals surface area contributed by atoms with Gasteiger partial charge >= 0.3 is 5.97 Å². The van der Waals surface area contributed by atoms with Crippen LogP contribution in [-0.4, -0.2) is 29.6 Å². The van der Waals surface area contributed by atoms with Crippen LogP contribution in [0.3, 0.4) is 0 Å². The Hall–Kier alpha value is -2.11. The second-order valence-corrected chi connectivity index (χ2v) is 4.45. The van der Waals surface area contributed by atoms with Gasteiger partial charge in [0.1, 0.15) is 0 Å². The van der Waals surface area contributed by atoms with Gasteiger partial charge in [-0.1, -0.05) is 12.1 Å². The Labute approximate surface area is 116 Å². The lowest BCUT2D eigenvalue weighted by atomic mass is 10.2. The highest BCUT2D eigenvalue weighted by molar-refractivity contribution is 5.77. The molecule has 0 unspecified atom stereocenters. The fraction of sp³-hybridized carbons (Fsp3) is 0.429. The van der Waals surface area contributed by atoms with Crippen molar-refractivity contribution in [3.05, 3.63) is 30.1 Å². The molecule has 0 aliphatic carbocycles. The van der Waals surface area contributed by atoms with Gasteiger partial charge in [-0.05, 0) is 25.5 Å². The number of hydrogen-bond donors (Lipinski definition) is 2. The first-order valence-electron chi connectivity index (χ1n) is 6.37. The number of ether oxygens (including phenoxy) is 1. The van der Waals surface area contributed by atoms with Gasteiger partial charge in [0.15, 0.2) is 11.6 Å². The van der Waals surface area contributed by atoms with Gasteiger partial charge in [0, 0.05) is 12.5 Å². The molecule has 6 heteroatoms. The Morgan fingerprint density at radius 3 is 2.75 bits per heavy atom. The maximum Gasteiger partial charge on any atom is 0.305 e. The first kappa shape index (κ1) is 15.9. The number of carboxylic acid groups (broad SMARTS) is 1. The monoisotopic (exact) mass is 283 g/mol. The maximum absolute atomic E-state index is 13.2. The Kier molecular flexibility index (Phi) is 6.49. The zero-order valence-electron chi connectivity index (χ0n) is 11.3. The summed E-state index contributed by atoms with van der Waals surface area (Å²) in [5.41, 5.74) is 0. The number of amides is 1. The van der Waals surface area contributed by atoms with Crippen LogP contribution in [0.1, 0.15) is 26.2 Å². The third-order valence-electron chi connectivity index (χ3n) is 2.53. The van der Waals surface area contributed by atoms with Gasteiger partial charge in [-0.3, -0.25) is 9.59 Å². The molecule has 5 nitrogen and oxygen atoms in total. The fourth-order valence-electron chi connectivity index (χ4n) is 1.64. The molecular weight excluding hydrogens is 265 g/mol. The average molecular weight is 283 g/mol. The number of benzene rings is 1. The number of carboxylic acids is 1. The number of carbonyl (C=O) groups excluding carboxylic acids is 1. The zero-order chi connectivity index (χ0) is 15.0. The summed E-state index contributed by atoms with van der Waals surface area (Å²) in [5, 5.41) is 11.1. The molecule has 1 amide bonds. The van der Waals surface area contributed by atoms with Crippen molar-refractivity contribution in [3.63, 3.8) is 0 Å². The zero-order valence-corrected chi connectivity index (χ0v) is 11.3. The van der Waals surface area contributed by atoms with Crippen LogP contribution in [0.5, 0.6) is 5.75 Å². The van der Waals surface area contributed by atoms with Crippen LogP contribution in [-0.2, 0) is 9.59 Å². The Balaban J connectivity index is 2.19. The average Bonchev–Trinajstić information content (AvgIpc) is 2.35. The van der Waals surface area contributed by atoms with Gasteiger partial charge in [0.25, 0.3) is 0 Å². The summed E-state index contributed by atoms with van der Waals surface area (Å²) in [4.78, 5) is 21.9. The predicted octanol–water partition coefficient (Wildman–Crippen LogP) is 1.96. The number of carbonyl (C=O) groups is 2. The number of rotatable bonds is 8. The molecule has 0 saturated carbocycles. The standard InChI is InChI=1S/C14H18FNO4/c1-10(9-14(18)19)16-13(17)7-4-8-20-12-6-3-2-5-11(12)15/h2-3,5-6,10H,4,7-9H2,1H3,(H,16,17)(H,18,19)/t10-/m1/s1. The van der Waals surface area contributed by atoms with Gasteiger partial charge in [-0.25, -0.2) is 4.39 Å². The summed E-state index contributed by atoms with van der Waals surface area (Å²) in [6.07, 6.45) is 0.524. The number of nitrogens with one attached hydrogen (secondary N) is 1. The minimum Gasteiger partial charge on any atom is -0.491 e. The van der Waals surface area contributed by atoms with Crippen molar-refractivity contribution < 1.29 is 23.8 Å². The summed E-state index contributed by atoms with van der Waals surface area (Å²) >= 11 is 0. The summed E-state index contributed by atoms with van der Waals surface area (Å²) in [6.45, 7) is 1.85. The van der Waals surface area contributed by atoms with Crippen LogP contribution >= 0.6 is 0 Å². The minimum atomic E-state index is -0.958. The van der Waals surface area contributed by atoms with E-state index in [0.29, 0.717) is 6.42 Å². The topological polar surface area (TPSA) is 75.6 Å². The van der Waals surface area contributed by atoms with E-state index < -0.39 is 17.8 Å². The van der Waals surface area contributed by atoms with E-state index in [4.69, 9.17) is 9.84 Å². The molecule has 20 heavy (non-hydrogen) atoms. The molecule has 1 atom stereocenters. The van der Waals surface area contributed by atoms with Gasteiger partial charge in [0.2, 0.25) is 5.91 Å². The van der Waals surface area contributed by atoms with Crippen LogP contribution in [0.25, 0.3) is 0 Å². The first-order valence-corrected chi connectivity index (χ1v) is 6.37. The molecule has 0 spiro atoms. The van der Waals surface area contributed by atoms with Crippen LogP contribution in [0.2, 0.25) is 0 Å². The highest BCUT2D eigenvalue weighted by Crippen LogP contribution is 2.15. The van der Waals surface area contributed by atoms with Crippen molar-refractivity contribution in [1.29, 1.82) is 0 Å². The van der Waals surface area contributed by atoms with Gasteiger partial charge in [0.05, 0.1) is 13.0 Å². The maximum atomic E-state index is 13.2. The quantitative estimate of drug-likeness (QED) is 0.715. The normalized spacial score (nSPS) is 11.7. The molecule has 0 bridgehead atoms. The van der Waals surface area contributed by atoms with E-state index in [9.17, 15) is 14.0 Å². The summed E-state index contributed by atoms with van der Waals surface area (Å²) in [6, 6.07) is 5.64. The molecule has 0 aliphatic heterocycles. The third-order valence-corrected chi connectivity index (χ3v) is 2.53. The lowest BCUT2D eigenvalue weighted by Crippen LogP contribution is -2.34. The van der Waals surface area contributed by atoms with Crippen LogP contribution in [0, 0.1) is 5.82 Å². The van der Waals surface area contributed by atoms with Crippen molar-refractivity contribution in [1.82, 2.24) is 5.32 Å².